The van der Waals surface area contributed by atoms with Crippen molar-refractivity contribution in [3.8, 4) is 87.3 Å². The number of hydrogen-bond acceptors (Lipinski definition) is 12. The summed E-state index contributed by atoms with van der Waals surface area (Å²) in [5, 5.41) is 51.7. The van der Waals surface area contributed by atoms with Gasteiger partial charge in [0.05, 0.1) is 33.4 Å². The Hall–Kier alpha value is -9.18. The first-order valence-corrected chi connectivity index (χ1v) is 30.4. The molecule has 0 unspecified atom stereocenters. The lowest BCUT2D eigenvalue weighted by Gasteiger charge is -2.12. The average Bonchev–Trinajstić information content (AvgIpc) is 4.43. The van der Waals surface area contributed by atoms with Gasteiger partial charge in [0.1, 0.15) is 60.1 Å². The van der Waals surface area contributed by atoms with Crippen molar-refractivity contribution in [3.63, 3.8) is 0 Å². The Morgan fingerprint density at radius 1 is 0.350 bits per heavy atom. The minimum Gasteiger partial charge on any atom is -0.489 e. The van der Waals surface area contributed by atoms with Gasteiger partial charge in [0, 0.05) is 78.1 Å². The van der Waals surface area contributed by atoms with Crippen LogP contribution in [-0.4, -0.2) is 0 Å². The summed E-state index contributed by atoms with van der Waals surface area (Å²) in [7, 11) is 0. The molecule has 10 aromatic carbocycles. The molecule has 6 nitrogen and oxygen atoms in total. The van der Waals surface area contributed by atoms with E-state index >= 15 is 0 Å². The Kier molecular flexibility index (Phi) is 12.6. The van der Waals surface area contributed by atoms with Gasteiger partial charge in [0.2, 0.25) is 0 Å². The fourth-order valence-corrected chi connectivity index (χ4v) is 18.4. The summed E-state index contributed by atoms with van der Waals surface area (Å²) < 4.78 is 20.5. The number of fused-ring (bicyclic) bond motifs is 6. The predicted octanol–water partition coefficient (Wildman–Crippen LogP) is 20.5. The highest BCUT2D eigenvalue weighted by atomic mass is 32.2. The SMILES string of the molecule is N#Cc1c2ccccc2c(C#N)c2cc(COc3ccc(-c4csc(-[c+]5sc6ccccc6s5)c4-c4c(-c5ccc(OCc6ccc7c(C#N)c8ccccc8c(C#N)c7c6)cc5)csc4-[c+]4sc5ccccc5s4)cc3)ccc12. The summed E-state index contributed by atoms with van der Waals surface area (Å²) >= 11 is 10.9. The van der Waals surface area contributed by atoms with Crippen LogP contribution in [0.25, 0.3) is 113 Å². The lowest BCUT2D eigenvalue weighted by atomic mass is 9.92. The first-order valence-electron chi connectivity index (χ1n) is 25.4. The number of benzene rings is 10. The number of rotatable bonds is 11. The minimum atomic E-state index is 0.284. The molecule has 0 saturated heterocycles. The number of ether oxygens (including phenoxy) is 2. The van der Waals surface area contributed by atoms with Crippen molar-refractivity contribution < 1.29 is 9.47 Å². The van der Waals surface area contributed by atoms with Crippen LogP contribution in [0, 0.1) is 45.3 Å². The number of nitrogens with zero attached hydrogens (tertiary/aromatic N) is 4. The van der Waals surface area contributed by atoms with Crippen LogP contribution in [-0.2, 0) is 13.2 Å². The van der Waals surface area contributed by atoms with Crippen molar-refractivity contribution in [2.45, 2.75) is 13.2 Å². The highest BCUT2D eigenvalue weighted by Crippen LogP contribution is 2.57. The highest BCUT2D eigenvalue weighted by Gasteiger charge is 2.35. The fraction of sp³-hybridized carbons (Fsp3) is 0.0294. The lowest BCUT2D eigenvalue weighted by molar-refractivity contribution is 0.306. The van der Waals surface area contributed by atoms with Gasteiger partial charge in [-0.1, -0.05) is 72.8 Å². The second kappa shape index (κ2) is 20.6. The number of hydrogen-bond donors (Lipinski definition) is 0. The van der Waals surface area contributed by atoms with Gasteiger partial charge < -0.3 is 9.47 Å². The molecule has 12 heteroatoms. The molecule has 4 aromatic heterocycles. The summed E-state index contributed by atoms with van der Waals surface area (Å²) in [5.74, 6) is 1.43. The zero-order valence-corrected chi connectivity index (χ0v) is 46.8. The molecular weight excluding hydrogens is 1100 g/mol. The van der Waals surface area contributed by atoms with Crippen LogP contribution in [0.1, 0.15) is 33.4 Å². The molecule has 374 valence electrons. The van der Waals surface area contributed by atoms with Gasteiger partial charge in [0.15, 0.2) is 36.9 Å². The van der Waals surface area contributed by atoms with Crippen molar-refractivity contribution in [2.24, 2.45) is 0 Å². The Morgan fingerprint density at radius 3 is 1.00 bits per heavy atom. The molecule has 4 heterocycles. The van der Waals surface area contributed by atoms with Crippen LogP contribution < -0.4 is 9.47 Å². The van der Waals surface area contributed by atoms with E-state index in [0.717, 1.165) is 88.0 Å². The fourth-order valence-electron chi connectivity index (χ4n) is 10.7. The van der Waals surface area contributed by atoms with Gasteiger partial charge in [-0.3, -0.25) is 0 Å². The minimum absolute atomic E-state index is 0.284. The monoisotopic (exact) mass is 1130 g/mol. The first-order chi connectivity index (χ1) is 39.5. The molecule has 0 amide bonds. The van der Waals surface area contributed by atoms with Gasteiger partial charge in [0.25, 0.3) is 0 Å². The Labute approximate surface area is 483 Å². The summed E-state index contributed by atoms with van der Waals surface area (Å²) in [6.07, 6.45) is 0. The zero-order chi connectivity index (χ0) is 53.8. The predicted molar refractivity (Wildman–Crippen MR) is 335 cm³/mol. The molecule has 0 saturated carbocycles. The molecular formula is C68H36N4O2S6+2. The number of thiophene rings is 2. The van der Waals surface area contributed by atoms with Crippen molar-refractivity contribution in [1.82, 2.24) is 0 Å². The normalized spacial score (nSPS) is 11.3. The molecule has 0 aliphatic carbocycles. The molecule has 0 fully saturated rings. The third kappa shape index (κ3) is 8.51. The van der Waals surface area contributed by atoms with Crippen molar-refractivity contribution in [2.75, 3.05) is 0 Å². The van der Waals surface area contributed by atoms with E-state index in [1.807, 2.05) is 155 Å². The molecule has 14 aromatic rings. The van der Waals surface area contributed by atoms with E-state index in [2.05, 4.69) is 108 Å². The smallest absolute Gasteiger partial charge is 0.191 e. The lowest BCUT2D eigenvalue weighted by Crippen LogP contribution is -1.97. The molecule has 0 atom stereocenters. The van der Waals surface area contributed by atoms with Gasteiger partial charge >= 0.3 is 0 Å². The second-order valence-electron chi connectivity index (χ2n) is 19.0. The van der Waals surface area contributed by atoms with Crippen molar-refractivity contribution in [3.05, 3.63) is 226 Å². The van der Waals surface area contributed by atoms with Crippen molar-refractivity contribution in [1.29, 1.82) is 21.0 Å². The van der Waals surface area contributed by atoms with Crippen LogP contribution in [0.15, 0.2) is 193 Å². The van der Waals surface area contributed by atoms with Crippen molar-refractivity contribution >= 4 is 130 Å². The molecule has 0 radical (unpaired) electrons. The quantitative estimate of drug-likeness (QED) is 0.0941. The van der Waals surface area contributed by atoms with Crippen LogP contribution in [0.4, 0.5) is 0 Å². The Morgan fingerprint density at radius 2 is 0.662 bits per heavy atom. The van der Waals surface area contributed by atoms with Gasteiger partial charge in [-0.2, -0.15) is 21.0 Å². The van der Waals surface area contributed by atoms with E-state index in [-0.39, 0.29) is 13.2 Å². The molecule has 0 spiro atoms. The van der Waals surface area contributed by atoms with E-state index < -0.39 is 0 Å². The standard InChI is InChI=1S/C68H36N4O2S6/c69-31-53-45-9-1-3-11-47(45)55(33-71)51-29-39(17-27-49(51)53)35-73-43-23-19-41(20-24-43)57-37-75-65(67-77-59-13-5-6-14-60(59)78-67)63(57)64-58(38-76-66(64)68-79-61-15-7-8-16-62(61)80-68)42-21-25-44(26-22-42)74-36-40-18-28-50-52(30-40)56(34-72)48-12-4-2-10-46(48)54(50)32-70/h1-30,37-38H,35-36H2/q+2. The average molecular weight is 1130 g/mol. The molecule has 0 N–H and O–H groups in total. The Bertz CT molecular complexity index is 4640. The van der Waals surface area contributed by atoms with E-state index in [1.54, 1.807) is 22.7 Å². The number of nitriles is 4. The summed E-state index contributed by atoms with van der Waals surface area (Å²) in [4.78, 5) is 2.45. The van der Waals surface area contributed by atoms with E-state index in [4.69, 9.17) is 9.47 Å². The molecule has 80 heavy (non-hydrogen) atoms. The zero-order valence-electron chi connectivity index (χ0n) is 41.9. The summed E-state index contributed by atoms with van der Waals surface area (Å²) in [5.41, 5.74) is 10.8. The van der Waals surface area contributed by atoms with Crippen LogP contribution in [0.5, 0.6) is 11.5 Å². The first kappa shape index (κ1) is 49.1. The van der Waals surface area contributed by atoms with E-state index in [9.17, 15) is 21.0 Å². The third-order valence-electron chi connectivity index (χ3n) is 14.5. The van der Waals surface area contributed by atoms with Crippen LogP contribution >= 0.6 is 68.0 Å². The Balaban J connectivity index is 0.830. The second-order valence-corrected chi connectivity index (χ2v) is 25.5. The maximum atomic E-state index is 10.3. The summed E-state index contributed by atoms with van der Waals surface area (Å²) in [6, 6.07) is 70.6. The highest BCUT2D eigenvalue weighted by molar-refractivity contribution is 7.46. The topological polar surface area (TPSA) is 114 Å². The van der Waals surface area contributed by atoms with Crippen LogP contribution in [0.2, 0.25) is 0 Å². The third-order valence-corrected chi connectivity index (χ3v) is 22.1. The largest absolute Gasteiger partial charge is 0.489 e. The molecule has 14 rings (SSSR count). The molecule has 0 aliphatic heterocycles. The van der Waals surface area contributed by atoms with E-state index in [1.165, 1.54) is 48.1 Å². The maximum Gasteiger partial charge on any atom is 0.191 e. The maximum absolute atomic E-state index is 10.3. The van der Waals surface area contributed by atoms with Gasteiger partial charge in [-0.05, 0) is 153 Å². The van der Waals surface area contributed by atoms with Gasteiger partial charge in [-0.15, -0.1) is 22.7 Å². The molecule has 0 bridgehead atoms. The van der Waals surface area contributed by atoms with Crippen LogP contribution in [0.3, 0.4) is 0 Å². The van der Waals surface area contributed by atoms with Gasteiger partial charge in [-0.25, -0.2) is 0 Å². The van der Waals surface area contributed by atoms with E-state index in [0.29, 0.717) is 22.3 Å². The summed E-state index contributed by atoms with van der Waals surface area (Å²) in [6.45, 7) is 0.568. The molecule has 0 aliphatic rings.